The number of amides is 3. The van der Waals surface area contributed by atoms with E-state index in [4.69, 9.17) is 4.74 Å². The molecule has 0 aromatic heterocycles. The zero-order chi connectivity index (χ0) is 40.8. The van der Waals surface area contributed by atoms with Gasteiger partial charge in [0.25, 0.3) is 5.91 Å². The molecule has 1 aliphatic rings. The number of phenolic OH excluding ortho intramolecular Hbond substituents is 1. The number of likely N-dealkylation sites (tertiary alicyclic amines) is 1. The molecule has 0 atom stereocenters. The highest BCUT2D eigenvalue weighted by molar-refractivity contribution is 6.02. The molecule has 10 nitrogen and oxygen atoms in total. The van der Waals surface area contributed by atoms with Gasteiger partial charge in [0, 0.05) is 68.1 Å². The van der Waals surface area contributed by atoms with Crippen molar-refractivity contribution < 1.29 is 24.2 Å². The molecule has 3 amide bonds. The number of hydrogen-bond donors (Lipinski definition) is 5. The number of phenols is 1. The number of piperidine rings is 1. The first-order valence-electron chi connectivity index (χ1n) is 20.1. The smallest absolute Gasteiger partial charge is 0.411 e. The van der Waals surface area contributed by atoms with Crippen LogP contribution in [0, 0.1) is 0 Å². The van der Waals surface area contributed by atoms with Crippen LogP contribution < -0.4 is 21.3 Å². The number of benzene rings is 6. The minimum Gasteiger partial charge on any atom is -0.508 e. The second kappa shape index (κ2) is 20.1. The minimum absolute atomic E-state index is 0.143. The number of hydrogen-bond acceptors (Lipinski definition) is 7. The van der Waals surface area contributed by atoms with Crippen LogP contribution in [0.1, 0.15) is 35.2 Å². The van der Waals surface area contributed by atoms with E-state index in [1.807, 2.05) is 72.8 Å². The number of rotatable bonds is 15. The molecule has 0 radical (unpaired) electrons. The molecule has 6 aromatic rings. The second-order valence-electron chi connectivity index (χ2n) is 14.5. The zero-order valence-electron chi connectivity index (χ0n) is 32.9. The highest BCUT2D eigenvalue weighted by atomic mass is 16.6. The number of nitrogens with one attached hydrogen (secondary N) is 4. The lowest BCUT2D eigenvalue weighted by Gasteiger charge is -2.31. The van der Waals surface area contributed by atoms with Crippen LogP contribution in [-0.4, -0.2) is 66.7 Å². The first kappa shape index (κ1) is 40.4. The Morgan fingerprint density at radius 3 is 2.05 bits per heavy atom. The van der Waals surface area contributed by atoms with E-state index in [2.05, 4.69) is 68.6 Å². The molecular weight excluding hydrogens is 739 g/mol. The van der Waals surface area contributed by atoms with E-state index in [0.717, 1.165) is 38.9 Å². The number of ether oxygens (including phenoxy) is 1. The standard InChI is InChI=1S/C49H49N5O5/c55-45-24-10-7-17-38(45)34-50-28-29-51-48(57)37-18-11-19-39(33-37)52-46(56)27-32-54-30-25-40(26-31-54)59-49(58)53-44-23-12-22-42(36-15-5-2-6-16-36)47(44)43-21-9-8-20-41(43)35-13-3-1-4-14-35/h1-24,33,40,50,55H,25-32,34H2,(H,51,57)(H,52,56)(H,53,58). The minimum atomic E-state index is -0.497. The summed E-state index contributed by atoms with van der Waals surface area (Å²) in [6, 6.07) is 48.6. The van der Waals surface area contributed by atoms with Crippen LogP contribution in [0.2, 0.25) is 0 Å². The van der Waals surface area contributed by atoms with Gasteiger partial charge in [0.05, 0.1) is 5.69 Å². The molecule has 1 aliphatic heterocycles. The van der Waals surface area contributed by atoms with Gasteiger partial charge in [-0.15, -0.1) is 0 Å². The summed E-state index contributed by atoms with van der Waals surface area (Å²) < 4.78 is 5.99. The van der Waals surface area contributed by atoms with Gasteiger partial charge in [-0.1, -0.05) is 121 Å². The van der Waals surface area contributed by atoms with Crippen molar-refractivity contribution in [1.82, 2.24) is 15.5 Å². The third-order valence-corrected chi connectivity index (χ3v) is 10.4. The Morgan fingerprint density at radius 1 is 0.661 bits per heavy atom. The van der Waals surface area contributed by atoms with Gasteiger partial charge in [0.15, 0.2) is 0 Å². The average molecular weight is 788 g/mol. The van der Waals surface area contributed by atoms with Gasteiger partial charge in [-0.3, -0.25) is 14.9 Å². The summed E-state index contributed by atoms with van der Waals surface area (Å²) in [5, 5.41) is 22.0. The van der Waals surface area contributed by atoms with Crippen molar-refractivity contribution in [1.29, 1.82) is 0 Å². The molecule has 1 fully saturated rings. The van der Waals surface area contributed by atoms with E-state index < -0.39 is 6.09 Å². The maximum absolute atomic E-state index is 13.5. The van der Waals surface area contributed by atoms with Crippen LogP contribution in [-0.2, 0) is 16.1 Å². The molecule has 59 heavy (non-hydrogen) atoms. The predicted molar refractivity (Wildman–Crippen MR) is 234 cm³/mol. The summed E-state index contributed by atoms with van der Waals surface area (Å²) in [6.07, 6.45) is 0.854. The Balaban J connectivity index is 0.884. The lowest BCUT2D eigenvalue weighted by atomic mass is 9.88. The van der Waals surface area contributed by atoms with Crippen LogP contribution in [0.5, 0.6) is 5.75 Å². The molecule has 300 valence electrons. The first-order valence-corrected chi connectivity index (χ1v) is 20.1. The van der Waals surface area contributed by atoms with E-state index in [1.54, 1.807) is 36.4 Å². The third-order valence-electron chi connectivity index (χ3n) is 10.4. The number of para-hydroxylation sites is 1. The molecular formula is C49H49N5O5. The van der Waals surface area contributed by atoms with E-state index in [0.29, 0.717) is 69.0 Å². The molecule has 0 bridgehead atoms. The van der Waals surface area contributed by atoms with Gasteiger partial charge >= 0.3 is 6.09 Å². The molecule has 1 saturated heterocycles. The molecule has 0 unspecified atom stereocenters. The monoisotopic (exact) mass is 787 g/mol. The summed E-state index contributed by atoms with van der Waals surface area (Å²) in [5.74, 6) is -0.146. The summed E-state index contributed by atoms with van der Waals surface area (Å²) in [7, 11) is 0. The largest absolute Gasteiger partial charge is 0.508 e. The van der Waals surface area contributed by atoms with Crippen LogP contribution in [0.3, 0.4) is 0 Å². The fraction of sp³-hybridized carbons (Fsp3) is 0.204. The van der Waals surface area contributed by atoms with Crippen LogP contribution in [0.25, 0.3) is 33.4 Å². The van der Waals surface area contributed by atoms with Crippen molar-refractivity contribution >= 4 is 29.3 Å². The number of carbonyl (C=O) groups excluding carboxylic acids is 3. The number of aromatic hydroxyl groups is 1. The first-order chi connectivity index (χ1) is 28.9. The number of anilines is 2. The van der Waals surface area contributed by atoms with Crippen molar-refractivity contribution in [3.8, 4) is 39.1 Å². The van der Waals surface area contributed by atoms with Crippen molar-refractivity contribution in [2.24, 2.45) is 0 Å². The summed E-state index contributed by atoms with van der Waals surface area (Å²) in [5.41, 5.74) is 8.59. The molecule has 10 heteroatoms. The average Bonchev–Trinajstić information content (AvgIpc) is 3.27. The van der Waals surface area contributed by atoms with Gasteiger partial charge in [0.1, 0.15) is 11.9 Å². The fourth-order valence-electron chi connectivity index (χ4n) is 7.39. The molecule has 5 N–H and O–H groups in total. The lowest BCUT2D eigenvalue weighted by molar-refractivity contribution is -0.116. The lowest BCUT2D eigenvalue weighted by Crippen LogP contribution is -2.39. The SMILES string of the molecule is O=C(CCN1CCC(OC(=O)Nc2cccc(-c3ccccc3)c2-c2ccccc2-c2ccccc2)CC1)Nc1cccc(C(=O)NCCNCc2ccccc2O)c1. The molecule has 7 rings (SSSR count). The zero-order valence-corrected chi connectivity index (χ0v) is 32.9. The topological polar surface area (TPSA) is 132 Å². The summed E-state index contributed by atoms with van der Waals surface area (Å²) in [4.78, 5) is 41.4. The van der Waals surface area contributed by atoms with Gasteiger partial charge in [-0.25, -0.2) is 4.79 Å². The Kier molecular flexibility index (Phi) is 13.8. The van der Waals surface area contributed by atoms with Crippen LogP contribution in [0.15, 0.2) is 152 Å². The maximum atomic E-state index is 13.5. The van der Waals surface area contributed by atoms with Gasteiger partial charge in [0.2, 0.25) is 5.91 Å². The second-order valence-corrected chi connectivity index (χ2v) is 14.5. The van der Waals surface area contributed by atoms with Crippen LogP contribution >= 0.6 is 0 Å². The van der Waals surface area contributed by atoms with Gasteiger partial charge in [-0.05, 0) is 71.0 Å². The molecule has 0 saturated carbocycles. The molecule has 0 spiro atoms. The van der Waals surface area contributed by atoms with E-state index in [-0.39, 0.29) is 30.1 Å². The Bertz CT molecular complexity index is 2340. The summed E-state index contributed by atoms with van der Waals surface area (Å²) >= 11 is 0. The van der Waals surface area contributed by atoms with Crippen LogP contribution in [0.4, 0.5) is 16.2 Å². The van der Waals surface area contributed by atoms with E-state index >= 15 is 0 Å². The maximum Gasteiger partial charge on any atom is 0.411 e. The highest BCUT2D eigenvalue weighted by Crippen LogP contribution is 2.42. The predicted octanol–water partition coefficient (Wildman–Crippen LogP) is 8.95. The van der Waals surface area contributed by atoms with Gasteiger partial charge in [-0.2, -0.15) is 0 Å². The normalized spacial score (nSPS) is 13.0. The molecule has 0 aliphatic carbocycles. The van der Waals surface area contributed by atoms with Crippen molar-refractivity contribution in [2.45, 2.75) is 31.9 Å². The fourth-order valence-corrected chi connectivity index (χ4v) is 7.39. The van der Waals surface area contributed by atoms with Crippen molar-refractivity contribution in [3.63, 3.8) is 0 Å². The quantitative estimate of drug-likeness (QED) is 0.0657. The Labute approximate surface area is 345 Å². The van der Waals surface area contributed by atoms with E-state index in [9.17, 15) is 19.5 Å². The van der Waals surface area contributed by atoms with Gasteiger partial charge < -0.3 is 30.7 Å². The van der Waals surface area contributed by atoms with E-state index in [1.165, 1.54) is 0 Å². The van der Waals surface area contributed by atoms with Crippen molar-refractivity contribution in [2.75, 3.05) is 43.4 Å². The Morgan fingerprint density at radius 2 is 1.31 bits per heavy atom. The van der Waals surface area contributed by atoms with Crippen molar-refractivity contribution in [3.05, 3.63) is 163 Å². The molecule has 1 heterocycles. The number of carbonyl (C=O) groups is 3. The third kappa shape index (κ3) is 11.0. The Hall–Kier alpha value is -6.75. The number of nitrogens with zero attached hydrogens (tertiary/aromatic N) is 1. The molecule has 6 aromatic carbocycles. The highest BCUT2D eigenvalue weighted by Gasteiger charge is 2.24. The summed E-state index contributed by atoms with van der Waals surface area (Å²) in [6.45, 7) is 3.38.